The first-order valence-corrected chi connectivity index (χ1v) is 8.46. The second-order valence-corrected chi connectivity index (χ2v) is 7.43. The van der Waals surface area contributed by atoms with E-state index < -0.39 is 0 Å². The SMILES string of the molecule is NC(Cc1ccc(I)cc1)c1cc(Br)ccc1I. The van der Waals surface area contributed by atoms with Crippen LogP contribution in [0, 0.1) is 7.14 Å². The van der Waals surface area contributed by atoms with Gasteiger partial charge in [0.2, 0.25) is 0 Å². The van der Waals surface area contributed by atoms with Crippen LogP contribution in [0.4, 0.5) is 0 Å². The lowest BCUT2D eigenvalue weighted by Crippen LogP contribution is -2.14. The topological polar surface area (TPSA) is 26.0 Å². The molecule has 0 radical (unpaired) electrons. The molecule has 0 saturated heterocycles. The molecule has 0 amide bonds. The van der Waals surface area contributed by atoms with Crippen molar-refractivity contribution in [2.75, 3.05) is 0 Å². The van der Waals surface area contributed by atoms with Crippen LogP contribution in [0.25, 0.3) is 0 Å². The van der Waals surface area contributed by atoms with Crippen LogP contribution in [-0.4, -0.2) is 0 Å². The Morgan fingerprint density at radius 1 is 1.06 bits per heavy atom. The second-order valence-electron chi connectivity index (χ2n) is 4.10. The smallest absolute Gasteiger partial charge is 0.0346 e. The van der Waals surface area contributed by atoms with Crippen molar-refractivity contribution in [1.82, 2.24) is 0 Å². The molecule has 2 rings (SSSR count). The fourth-order valence-electron chi connectivity index (χ4n) is 1.78. The summed E-state index contributed by atoms with van der Waals surface area (Å²) in [5.41, 5.74) is 8.78. The molecule has 2 N–H and O–H groups in total. The summed E-state index contributed by atoms with van der Waals surface area (Å²) < 4.78 is 3.55. The van der Waals surface area contributed by atoms with E-state index in [1.807, 2.05) is 6.07 Å². The Bertz CT molecular complexity index is 540. The molecule has 0 aromatic heterocycles. The predicted octanol–water partition coefficient (Wildman–Crippen LogP) is 4.90. The minimum atomic E-state index is 0.0365. The number of halogens is 3. The Kier molecular flexibility index (Phi) is 5.47. The zero-order chi connectivity index (χ0) is 13.1. The Hall–Kier alpha value is 0.340. The van der Waals surface area contributed by atoms with Crippen LogP contribution in [0.5, 0.6) is 0 Å². The average molecular weight is 528 g/mol. The van der Waals surface area contributed by atoms with Gasteiger partial charge in [0, 0.05) is 17.7 Å². The zero-order valence-electron chi connectivity index (χ0n) is 9.54. The molecule has 0 aliphatic heterocycles. The number of hydrogen-bond donors (Lipinski definition) is 1. The van der Waals surface area contributed by atoms with Gasteiger partial charge in [0.1, 0.15) is 0 Å². The van der Waals surface area contributed by atoms with Gasteiger partial charge in [-0.2, -0.15) is 0 Å². The molecule has 0 saturated carbocycles. The highest BCUT2D eigenvalue weighted by molar-refractivity contribution is 14.1. The maximum absolute atomic E-state index is 6.31. The third-order valence-electron chi connectivity index (χ3n) is 2.73. The highest BCUT2D eigenvalue weighted by Gasteiger charge is 2.11. The van der Waals surface area contributed by atoms with Crippen LogP contribution in [-0.2, 0) is 6.42 Å². The first kappa shape index (κ1) is 14.7. The number of hydrogen-bond acceptors (Lipinski definition) is 1. The Balaban J connectivity index is 2.18. The molecule has 0 heterocycles. The molecule has 0 fully saturated rings. The molecular formula is C14H12BrI2N. The van der Waals surface area contributed by atoms with Crippen molar-refractivity contribution >= 4 is 61.1 Å². The molecule has 2 aromatic rings. The summed E-state index contributed by atoms with van der Waals surface area (Å²) in [4.78, 5) is 0. The van der Waals surface area contributed by atoms with E-state index in [4.69, 9.17) is 5.73 Å². The van der Waals surface area contributed by atoms with Gasteiger partial charge in [-0.25, -0.2) is 0 Å². The highest BCUT2D eigenvalue weighted by Crippen LogP contribution is 2.25. The molecule has 18 heavy (non-hydrogen) atoms. The van der Waals surface area contributed by atoms with E-state index in [1.54, 1.807) is 0 Å². The normalized spacial score (nSPS) is 12.4. The minimum absolute atomic E-state index is 0.0365. The Morgan fingerprint density at radius 2 is 1.72 bits per heavy atom. The minimum Gasteiger partial charge on any atom is -0.324 e. The van der Waals surface area contributed by atoms with Crippen LogP contribution in [0.3, 0.4) is 0 Å². The fraction of sp³-hybridized carbons (Fsp3) is 0.143. The lowest BCUT2D eigenvalue weighted by Gasteiger charge is -2.14. The van der Waals surface area contributed by atoms with Crippen molar-refractivity contribution in [3.63, 3.8) is 0 Å². The molecule has 1 unspecified atom stereocenters. The monoisotopic (exact) mass is 527 g/mol. The van der Waals surface area contributed by atoms with Crippen molar-refractivity contribution in [2.45, 2.75) is 12.5 Å². The molecule has 0 aliphatic carbocycles. The summed E-state index contributed by atoms with van der Waals surface area (Å²) in [5.74, 6) is 0. The maximum atomic E-state index is 6.31. The van der Waals surface area contributed by atoms with Gasteiger partial charge >= 0.3 is 0 Å². The summed E-state index contributed by atoms with van der Waals surface area (Å²) in [5, 5.41) is 0. The van der Waals surface area contributed by atoms with E-state index in [0.29, 0.717) is 0 Å². The molecule has 0 bridgehead atoms. The number of rotatable bonds is 3. The Labute approximate surface area is 143 Å². The van der Waals surface area contributed by atoms with Gasteiger partial charge in [0.05, 0.1) is 0 Å². The molecule has 4 heteroatoms. The van der Waals surface area contributed by atoms with E-state index in [-0.39, 0.29) is 6.04 Å². The van der Waals surface area contributed by atoms with E-state index >= 15 is 0 Å². The lowest BCUT2D eigenvalue weighted by atomic mass is 10.00. The quantitative estimate of drug-likeness (QED) is 0.565. The van der Waals surface area contributed by atoms with Crippen molar-refractivity contribution < 1.29 is 0 Å². The van der Waals surface area contributed by atoms with E-state index in [1.165, 1.54) is 18.3 Å². The summed E-state index contributed by atoms with van der Waals surface area (Å²) in [6.45, 7) is 0. The lowest BCUT2D eigenvalue weighted by molar-refractivity contribution is 0.717. The second kappa shape index (κ2) is 6.67. The van der Waals surface area contributed by atoms with Crippen LogP contribution in [0.1, 0.15) is 17.2 Å². The van der Waals surface area contributed by atoms with Gasteiger partial charge in [-0.05, 0) is 93.1 Å². The zero-order valence-corrected chi connectivity index (χ0v) is 15.4. The van der Waals surface area contributed by atoms with Crippen molar-refractivity contribution in [3.05, 3.63) is 65.2 Å². The van der Waals surface area contributed by atoms with Crippen molar-refractivity contribution in [2.24, 2.45) is 5.73 Å². The third kappa shape index (κ3) is 3.91. The summed E-state index contributed by atoms with van der Waals surface area (Å²) in [7, 11) is 0. The van der Waals surface area contributed by atoms with Gasteiger partial charge in [0.25, 0.3) is 0 Å². The largest absolute Gasteiger partial charge is 0.324 e. The van der Waals surface area contributed by atoms with Gasteiger partial charge in [-0.15, -0.1) is 0 Å². The van der Waals surface area contributed by atoms with Crippen LogP contribution >= 0.6 is 61.1 Å². The van der Waals surface area contributed by atoms with Crippen LogP contribution in [0.15, 0.2) is 46.9 Å². The fourth-order valence-corrected chi connectivity index (χ4v) is 3.26. The summed E-state index contributed by atoms with van der Waals surface area (Å²) >= 11 is 8.15. The molecule has 0 spiro atoms. The van der Waals surface area contributed by atoms with E-state index in [0.717, 1.165) is 10.9 Å². The Morgan fingerprint density at radius 3 is 2.39 bits per heavy atom. The summed E-state index contributed by atoms with van der Waals surface area (Å²) in [6, 6.07) is 14.8. The molecule has 2 aromatic carbocycles. The van der Waals surface area contributed by atoms with Crippen LogP contribution < -0.4 is 5.73 Å². The standard InChI is InChI=1S/C14H12BrI2N/c15-10-3-6-13(17)12(8-10)14(18)7-9-1-4-11(16)5-2-9/h1-6,8,14H,7,18H2. The first-order valence-electron chi connectivity index (χ1n) is 5.51. The summed E-state index contributed by atoms with van der Waals surface area (Å²) in [6.07, 6.45) is 0.864. The number of benzene rings is 2. The van der Waals surface area contributed by atoms with Crippen LogP contribution in [0.2, 0.25) is 0 Å². The first-order chi connectivity index (χ1) is 8.56. The number of nitrogens with two attached hydrogens (primary N) is 1. The van der Waals surface area contributed by atoms with Crippen molar-refractivity contribution in [3.8, 4) is 0 Å². The van der Waals surface area contributed by atoms with Gasteiger partial charge < -0.3 is 5.73 Å². The molecule has 1 nitrogen and oxygen atoms in total. The average Bonchev–Trinajstić information content (AvgIpc) is 2.35. The predicted molar refractivity (Wildman–Crippen MR) is 96.7 cm³/mol. The highest BCUT2D eigenvalue weighted by atomic mass is 127. The van der Waals surface area contributed by atoms with E-state index in [2.05, 4.69) is 97.5 Å². The molecule has 0 aliphatic rings. The molecular weight excluding hydrogens is 516 g/mol. The molecule has 1 atom stereocenters. The van der Waals surface area contributed by atoms with E-state index in [9.17, 15) is 0 Å². The van der Waals surface area contributed by atoms with Gasteiger partial charge in [0.15, 0.2) is 0 Å². The molecule has 94 valence electrons. The maximum Gasteiger partial charge on any atom is 0.0346 e. The van der Waals surface area contributed by atoms with Gasteiger partial charge in [-0.1, -0.05) is 28.1 Å². The van der Waals surface area contributed by atoms with Crippen molar-refractivity contribution in [1.29, 1.82) is 0 Å². The third-order valence-corrected chi connectivity index (χ3v) is 4.92. The van der Waals surface area contributed by atoms with Gasteiger partial charge in [-0.3, -0.25) is 0 Å².